The molecule has 3 N–H and O–H groups in total. The van der Waals surface area contributed by atoms with Crippen molar-refractivity contribution in [1.29, 1.82) is 0 Å². The Labute approximate surface area is 133 Å². The molecule has 0 bridgehead atoms. The maximum absolute atomic E-state index is 12.1. The van der Waals surface area contributed by atoms with E-state index in [1.807, 2.05) is 0 Å². The summed E-state index contributed by atoms with van der Waals surface area (Å²) in [4.78, 5) is 14.5. The average molecular weight is 301 g/mol. The standard InChI is InChI=1S/C18H27N3O/c19-9-10-20-18(22)17-2-1-11-21(13-17)12-14-3-5-15(6-4-14)16-7-8-16/h3-6,16-17H,1-2,7-13,19H2,(H,20,22). The van der Waals surface area contributed by atoms with Crippen LogP contribution in [0.3, 0.4) is 0 Å². The molecule has 2 fully saturated rings. The molecule has 2 aliphatic rings. The van der Waals surface area contributed by atoms with E-state index in [4.69, 9.17) is 5.73 Å². The molecule has 120 valence electrons. The molecule has 1 aliphatic heterocycles. The van der Waals surface area contributed by atoms with Crippen LogP contribution in [0.5, 0.6) is 0 Å². The molecule has 0 spiro atoms. The fourth-order valence-corrected chi connectivity index (χ4v) is 3.32. The van der Waals surface area contributed by atoms with Gasteiger partial charge >= 0.3 is 0 Å². The highest BCUT2D eigenvalue weighted by molar-refractivity contribution is 5.78. The van der Waals surface area contributed by atoms with Crippen molar-refractivity contribution in [2.45, 2.75) is 38.1 Å². The zero-order valence-electron chi connectivity index (χ0n) is 13.3. The SMILES string of the molecule is NCCNC(=O)C1CCCN(Cc2ccc(C3CC3)cc2)C1. The van der Waals surface area contributed by atoms with Crippen LogP contribution < -0.4 is 11.1 Å². The predicted molar refractivity (Wildman–Crippen MR) is 88.5 cm³/mol. The minimum atomic E-state index is 0.117. The second kappa shape index (κ2) is 7.25. The van der Waals surface area contributed by atoms with E-state index in [1.54, 1.807) is 0 Å². The van der Waals surface area contributed by atoms with Crippen LogP contribution in [0, 0.1) is 5.92 Å². The Hall–Kier alpha value is -1.39. The molecule has 1 amide bonds. The number of nitrogens with one attached hydrogen (secondary N) is 1. The monoisotopic (exact) mass is 301 g/mol. The third-order valence-electron chi connectivity index (χ3n) is 4.75. The van der Waals surface area contributed by atoms with Crippen LogP contribution in [0.4, 0.5) is 0 Å². The van der Waals surface area contributed by atoms with Crippen LogP contribution in [0.15, 0.2) is 24.3 Å². The highest BCUT2D eigenvalue weighted by Gasteiger charge is 2.26. The van der Waals surface area contributed by atoms with Crippen LogP contribution in [0.2, 0.25) is 0 Å². The molecule has 1 heterocycles. The first kappa shape index (κ1) is 15.5. The summed E-state index contributed by atoms with van der Waals surface area (Å²) >= 11 is 0. The van der Waals surface area contributed by atoms with Crippen molar-refractivity contribution in [2.75, 3.05) is 26.2 Å². The van der Waals surface area contributed by atoms with Crippen LogP contribution in [0.25, 0.3) is 0 Å². The van der Waals surface area contributed by atoms with Gasteiger partial charge in [0.1, 0.15) is 0 Å². The molecule has 1 aliphatic carbocycles. The van der Waals surface area contributed by atoms with E-state index < -0.39 is 0 Å². The highest BCUT2D eigenvalue weighted by atomic mass is 16.1. The first-order valence-corrected chi connectivity index (χ1v) is 8.55. The van der Waals surface area contributed by atoms with E-state index >= 15 is 0 Å². The highest BCUT2D eigenvalue weighted by Crippen LogP contribution is 2.39. The van der Waals surface area contributed by atoms with E-state index in [0.29, 0.717) is 13.1 Å². The number of hydrogen-bond acceptors (Lipinski definition) is 3. The van der Waals surface area contributed by atoms with E-state index in [9.17, 15) is 4.79 Å². The van der Waals surface area contributed by atoms with Crippen LogP contribution >= 0.6 is 0 Å². The van der Waals surface area contributed by atoms with Gasteiger partial charge in [-0.25, -0.2) is 0 Å². The van der Waals surface area contributed by atoms with Crippen LogP contribution in [0.1, 0.15) is 42.7 Å². The molecule has 1 saturated carbocycles. The second-order valence-corrected chi connectivity index (χ2v) is 6.67. The molecular weight excluding hydrogens is 274 g/mol. The van der Waals surface area contributed by atoms with Gasteiger partial charge in [-0.15, -0.1) is 0 Å². The van der Waals surface area contributed by atoms with Crippen molar-refractivity contribution in [3.63, 3.8) is 0 Å². The summed E-state index contributed by atoms with van der Waals surface area (Å²) < 4.78 is 0. The van der Waals surface area contributed by atoms with Gasteiger partial charge in [0.15, 0.2) is 0 Å². The largest absolute Gasteiger partial charge is 0.355 e. The summed E-state index contributed by atoms with van der Waals surface area (Å²) in [5, 5.41) is 2.92. The van der Waals surface area contributed by atoms with E-state index in [-0.39, 0.29) is 11.8 Å². The van der Waals surface area contributed by atoms with Gasteiger partial charge in [-0.2, -0.15) is 0 Å². The van der Waals surface area contributed by atoms with Crippen LogP contribution in [-0.4, -0.2) is 37.0 Å². The van der Waals surface area contributed by atoms with E-state index in [2.05, 4.69) is 34.5 Å². The molecule has 4 heteroatoms. The van der Waals surface area contributed by atoms with Gasteiger partial charge < -0.3 is 11.1 Å². The average Bonchev–Trinajstić information content (AvgIpc) is 3.38. The molecule has 3 rings (SSSR count). The van der Waals surface area contributed by atoms with E-state index in [0.717, 1.165) is 38.4 Å². The number of rotatable bonds is 6. The molecule has 0 aromatic heterocycles. The summed E-state index contributed by atoms with van der Waals surface area (Å²) in [7, 11) is 0. The third-order valence-corrected chi connectivity index (χ3v) is 4.75. The summed E-state index contributed by atoms with van der Waals surface area (Å²) in [6.45, 7) is 3.99. The lowest BCUT2D eigenvalue weighted by atomic mass is 9.96. The third kappa shape index (κ3) is 4.08. The zero-order chi connectivity index (χ0) is 15.4. The molecule has 1 aromatic carbocycles. The minimum Gasteiger partial charge on any atom is -0.355 e. The zero-order valence-corrected chi connectivity index (χ0v) is 13.3. The minimum absolute atomic E-state index is 0.117. The van der Waals surface area contributed by atoms with E-state index in [1.165, 1.54) is 24.0 Å². The Morgan fingerprint density at radius 2 is 2.00 bits per heavy atom. The maximum Gasteiger partial charge on any atom is 0.224 e. The van der Waals surface area contributed by atoms with Crippen molar-refractivity contribution < 1.29 is 4.79 Å². The number of nitrogens with two attached hydrogens (primary N) is 1. The molecule has 1 saturated heterocycles. The Kier molecular flexibility index (Phi) is 5.11. The molecule has 1 aromatic rings. The Morgan fingerprint density at radius 3 is 2.68 bits per heavy atom. The topological polar surface area (TPSA) is 58.4 Å². The summed E-state index contributed by atoms with van der Waals surface area (Å²) in [5.74, 6) is 1.10. The van der Waals surface area contributed by atoms with Crippen molar-refractivity contribution in [3.05, 3.63) is 35.4 Å². The number of benzene rings is 1. The first-order valence-electron chi connectivity index (χ1n) is 8.55. The molecule has 4 nitrogen and oxygen atoms in total. The summed E-state index contributed by atoms with van der Waals surface area (Å²) in [6, 6.07) is 9.07. The van der Waals surface area contributed by atoms with Crippen molar-refractivity contribution >= 4 is 5.91 Å². The maximum atomic E-state index is 12.1. The molecular formula is C18H27N3O. The Bertz CT molecular complexity index is 496. The van der Waals surface area contributed by atoms with Gasteiger partial charge in [0.05, 0.1) is 5.92 Å². The lowest BCUT2D eigenvalue weighted by Gasteiger charge is -2.32. The van der Waals surface area contributed by atoms with Gasteiger partial charge in [0.2, 0.25) is 5.91 Å². The number of amides is 1. The lowest BCUT2D eigenvalue weighted by Crippen LogP contribution is -2.43. The van der Waals surface area contributed by atoms with Crippen molar-refractivity contribution in [2.24, 2.45) is 11.7 Å². The van der Waals surface area contributed by atoms with Gasteiger partial charge in [-0.05, 0) is 49.3 Å². The van der Waals surface area contributed by atoms with Crippen molar-refractivity contribution in [1.82, 2.24) is 10.2 Å². The summed E-state index contributed by atoms with van der Waals surface area (Å²) in [5.41, 5.74) is 8.29. The molecule has 22 heavy (non-hydrogen) atoms. The van der Waals surface area contributed by atoms with Gasteiger partial charge in [-0.1, -0.05) is 24.3 Å². The molecule has 0 radical (unpaired) electrons. The summed E-state index contributed by atoms with van der Waals surface area (Å²) in [6.07, 6.45) is 4.80. The quantitative estimate of drug-likeness (QED) is 0.843. The lowest BCUT2D eigenvalue weighted by molar-refractivity contribution is -0.126. The van der Waals surface area contributed by atoms with Gasteiger partial charge in [0.25, 0.3) is 0 Å². The number of carbonyl (C=O) groups is 1. The fraction of sp³-hybridized carbons (Fsp3) is 0.611. The molecule has 1 unspecified atom stereocenters. The normalized spacial score (nSPS) is 22.5. The molecule has 1 atom stereocenters. The predicted octanol–water partition coefficient (Wildman–Crippen LogP) is 1.85. The Morgan fingerprint density at radius 1 is 1.23 bits per heavy atom. The number of carbonyl (C=O) groups excluding carboxylic acids is 1. The fourth-order valence-electron chi connectivity index (χ4n) is 3.32. The van der Waals surface area contributed by atoms with Crippen molar-refractivity contribution in [3.8, 4) is 0 Å². The number of piperidine rings is 1. The smallest absolute Gasteiger partial charge is 0.224 e. The number of likely N-dealkylation sites (tertiary alicyclic amines) is 1. The van der Waals surface area contributed by atoms with Gasteiger partial charge in [0, 0.05) is 26.2 Å². The second-order valence-electron chi connectivity index (χ2n) is 6.67. The van der Waals surface area contributed by atoms with Gasteiger partial charge in [-0.3, -0.25) is 9.69 Å². The number of nitrogens with zero attached hydrogens (tertiary/aromatic N) is 1. The number of hydrogen-bond donors (Lipinski definition) is 2. The Balaban J connectivity index is 1.52. The van der Waals surface area contributed by atoms with Crippen LogP contribution in [-0.2, 0) is 11.3 Å². The first-order chi connectivity index (χ1) is 10.8.